The molecular formula is C28H32N5OP. The summed E-state index contributed by atoms with van der Waals surface area (Å²) >= 11 is 0. The molecule has 0 amide bonds. The van der Waals surface area contributed by atoms with E-state index in [4.69, 9.17) is 10.1 Å². The van der Waals surface area contributed by atoms with Crippen molar-refractivity contribution < 1.29 is 4.57 Å². The van der Waals surface area contributed by atoms with Crippen LogP contribution in [0.5, 0.6) is 0 Å². The van der Waals surface area contributed by atoms with Gasteiger partial charge in [-0.15, -0.1) is 0 Å². The Labute approximate surface area is 207 Å². The molecule has 1 atom stereocenters. The normalized spacial score (nSPS) is 25.5. The van der Waals surface area contributed by atoms with Gasteiger partial charge >= 0.3 is 0 Å². The summed E-state index contributed by atoms with van der Waals surface area (Å²) in [5, 5.41) is 6.53. The second-order valence-electron chi connectivity index (χ2n) is 10.3. The maximum Gasteiger partial charge on any atom is 0.216 e. The maximum absolute atomic E-state index is 15.7. The van der Waals surface area contributed by atoms with E-state index in [1.807, 2.05) is 48.2 Å². The molecule has 35 heavy (non-hydrogen) atoms. The number of hydrogen-bond acceptors (Lipinski definition) is 4. The molecular weight excluding hydrogens is 453 g/mol. The monoisotopic (exact) mass is 485 g/mol. The van der Waals surface area contributed by atoms with Crippen LogP contribution < -0.4 is 10.2 Å². The number of aryl methyl sites for hydroxylation is 1. The van der Waals surface area contributed by atoms with Gasteiger partial charge in [0.2, 0.25) is 7.29 Å². The molecule has 2 aromatic carbocycles. The fraction of sp³-hybridized carbons (Fsp3) is 0.357. The Hall–Kier alpha value is -2.95. The van der Waals surface area contributed by atoms with Crippen LogP contribution in [0.15, 0.2) is 70.6 Å². The minimum Gasteiger partial charge on any atom is -0.346 e. The number of allylic oxidation sites excluding steroid dienone is 2. The third-order valence-electron chi connectivity index (χ3n) is 7.78. The van der Waals surface area contributed by atoms with E-state index in [-0.39, 0.29) is 5.41 Å². The van der Waals surface area contributed by atoms with E-state index in [0.29, 0.717) is 5.82 Å². The highest BCUT2D eigenvalue weighted by atomic mass is 31.2. The minimum atomic E-state index is -3.18. The Morgan fingerprint density at radius 1 is 0.943 bits per heavy atom. The zero-order valence-corrected chi connectivity index (χ0v) is 21.8. The molecule has 1 saturated heterocycles. The van der Waals surface area contributed by atoms with Gasteiger partial charge in [0, 0.05) is 43.2 Å². The van der Waals surface area contributed by atoms with Gasteiger partial charge in [0.15, 0.2) is 5.82 Å². The van der Waals surface area contributed by atoms with Crippen LogP contribution in [-0.2, 0) is 9.98 Å². The Bertz CT molecular complexity index is 1410. The molecule has 180 valence electrons. The summed E-state index contributed by atoms with van der Waals surface area (Å²) in [7, 11) is -1.09. The summed E-state index contributed by atoms with van der Waals surface area (Å²) in [6.07, 6.45) is 5.19. The van der Waals surface area contributed by atoms with Crippen molar-refractivity contribution in [2.45, 2.75) is 45.4 Å². The molecule has 0 aliphatic carbocycles. The number of nitrogens with zero attached hydrogens (tertiary/aromatic N) is 5. The van der Waals surface area contributed by atoms with E-state index < -0.39 is 7.29 Å². The van der Waals surface area contributed by atoms with Crippen molar-refractivity contribution in [3.05, 3.63) is 76.9 Å². The summed E-state index contributed by atoms with van der Waals surface area (Å²) in [5.74, 6) is 0.697. The van der Waals surface area contributed by atoms with Crippen LogP contribution in [0.4, 0.5) is 11.5 Å². The molecule has 0 saturated carbocycles. The average Bonchev–Trinajstić information content (AvgIpc) is 3.32. The highest BCUT2D eigenvalue weighted by molar-refractivity contribution is 7.75. The molecule has 1 unspecified atom stereocenters. The van der Waals surface area contributed by atoms with Crippen LogP contribution in [-0.4, -0.2) is 40.8 Å². The number of benzene rings is 2. The molecule has 1 fully saturated rings. The number of anilines is 1. The number of fused-ring (bicyclic) bond motifs is 2. The summed E-state index contributed by atoms with van der Waals surface area (Å²) in [6.45, 7) is 8.11. The lowest BCUT2D eigenvalue weighted by molar-refractivity contribution is 0.351. The standard InChI is InChI=1S/C28H32N5OP/c1-20-25-27(33(30-20)21-13-7-5-8-14-21)29-19-24(35(25,34)32-17-11-6-12-18-32)26-28(2,3)22-15-9-10-16-23(22)31(26)4/h5,7-10,13-16,19H,6,11-12,17-18H2,1-4H3. The van der Waals surface area contributed by atoms with Crippen molar-refractivity contribution in [3.8, 4) is 5.69 Å². The third kappa shape index (κ3) is 3.16. The van der Waals surface area contributed by atoms with Crippen LogP contribution in [0.2, 0.25) is 0 Å². The molecule has 3 aliphatic rings. The Morgan fingerprint density at radius 2 is 1.63 bits per heavy atom. The quantitative estimate of drug-likeness (QED) is 0.423. The van der Waals surface area contributed by atoms with Gasteiger partial charge in [0.05, 0.1) is 22.0 Å². The molecule has 0 bridgehead atoms. The molecule has 3 aliphatic heterocycles. The van der Waals surface area contributed by atoms with E-state index in [1.165, 1.54) is 17.7 Å². The average molecular weight is 486 g/mol. The van der Waals surface area contributed by atoms with Crippen molar-refractivity contribution in [1.82, 2.24) is 14.5 Å². The highest BCUT2D eigenvalue weighted by Gasteiger charge is 2.50. The first-order valence-electron chi connectivity index (χ1n) is 12.5. The van der Waals surface area contributed by atoms with E-state index in [9.17, 15) is 0 Å². The van der Waals surface area contributed by atoms with E-state index in [1.54, 1.807) is 0 Å². The fourth-order valence-electron chi connectivity index (χ4n) is 6.16. The topological polar surface area (TPSA) is 53.7 Å². The molecule has 7 heteroatoms. The van der Waals surface area contributed by atoms with Crippen LogP contribution in [0.1, 0.15) is 44.4 Å². The molecule has 0 spiro atoms. The maximum atomic E-state index is 15.7. The number of likely N-dealkylation sites (N-methyl/N-ethyl adjacent to an activating group) is 1. The molecule has 1 aromatic heterocycles. The molecule has 0 radical (unpaired) electrons. The SMILES string of the molecule is Cc1nn(-c2ccccc2)c2c1P(=O)(N1CCCCC1)C(=C1N(C)c3ccccc3C1(C)C)C=N2. The third-order valence-corrected chi connectivity index (χ3v) is 11.1. The minimum absolute atomic E-state index is 0.293. The van der Waals surface area contributed by atoms with E-state index >= 15 is 4.57 Å². The lowest BCUT2D eigenvalue weighted by Gasteiger charge is -2.39. The number of aromatic nitrogens is 2. The predicted octanol–water partition coefficient (Wildman–Crippen LogP) is 5.93. The second kappa shape index (κ2) is 8.04. The first kappa shape index (κ1) is 22.5. The van der Waals surface area contributed by atoms with Gasteiger partial charge in [0.1, 0.15) is 0 Å². The first-order valence-corrected chi connectivity index (χ1v) is 14.1. The smallest absolute Gasteiger partial charge is 0.216 e. The molecule has 6 nitrogen and oxygen atoms in total. The first-order chi connectivity index (χ1) is 16.8. The zero-order valence-electron chi connectivity index (χ0n) is 20.9. The molecule has 6 rings (SSSR count). The number of piperidine rings is 1. The summed E-state index contributed by atoms with van der Waals surface area (Å²) < 4.78 is 19.8. The van der Waals surface area contributed by atoms with Gasteiger partial charge in [-0.2, -0.15) is 5.10 Å². The second-order valence-corrected chi connectivity index (χ2v) is 12.9. The van der Waals surface area contributed by atoms with Crippen LogP contribution in [0.25, 0.3) is 5.69 Å². The number of aliphatic imine (C=N–C) groups is 1. The largest absolute Gasteiger partial charge is 0.346 e. The lowest BCUT2D eigenvalue weighted by atomic mass is 9.84. The van der Waals surface area contributed by atoms with Crippen LogP contribution in [0, 0.1) is 6.92 Å². The Balaban J connectivity index is 1.64. The summed E-state index contributed by atoms with van der Waals surface area (Å²) in [4.78, 5) is 7.19. The van der Waals surface area contributed by atoms with Gasteiger partial charge in [-0.05, 0) is 43.5 Å². The van der Waals surface area contributed by atoms with Crippen LogP contribution >= 0.6 is 7.29 Å². The van der Waals surface area contributed by atoms with Gasteiger partial charge in [0.25, 0.3) is 0 Å². The van der Waals surface area contributed by atoms with Crippen molar-refractivity contribution in [2.24, 2.45) is 4.99 Å². The molecule has 3 aromatic rings. The Morgan fingerprint density at radius 3 is 2.34 bits per heavy atom. The van der Waals surface area contributed by atoms with Gasteiger partial charge < -0.3 is 4.90 Å². The van der Waals surface area contributed by atoms with Gasteiger partial charge in [-0.25, -0.2) is 14.3 Å². The van der Waals surface area contributed by atoms with Crippen LogP contribution in [0.3, 0.4) is 0 Å². The van der Waals surface area contributed by atoms with Crippen molar-refractivity contribution >= 4 is 30.3 Å². The van der Waals surface area contributed by atoms with Crippen molar-refractivity contribution in [2.75, 3.05) is 25.0 Å². The number of para-hydroxylation sites is 2. The van der Waals surface area contributed by atoms with Crippen molar-refractivity contribution in [3.63, 3.8) is 0 Å². The summed E-state index contributed by atoms with van der Waals surface area (Å²) in [6, 6.07) is 18.5. The zero-order chi connectivity index (χ0) is 24.4. The van der Waals surface area contributed by atoms with Gasteiger partial charge in [-0.3, -0.25) is 4.57 Å². The predicted molar refractivity (Wildman–Crippen MR) is 144 cm³/mol. The highest BCUT2D eigenvalue weighted by Crippen LogP contribution is 2.64. The molecule has 0 N–H and O–H groups in total. The Kier molecular flexibility index (Phi) is 5.17. The number of rotatable bonds is 2. The number of hydrogen-bond donors (Lipinski definition) is 0. The van der Waals surface area contributed by atoms with Crippen molar-refractivity contribution in [1.29, 1.82) is 0 Å². The summed E-state index contributed by atoms with van der Waals surface area (Å²) in [5.41, 5.74) is 4.93. The van der Waals surface area contributed by atoms with Gasteiger partial charge in [-0.1, -0.05) is 56.7 Å². The van der Waals surface area contributed by atoms with E-state index in [2.05, 4.69) is 54.7 Å². The fourth-order valence-corrected chi connectivity index (χ4v) is 9.67. The van der Waals surface area contributed by atoms with E-state index in [0.717, 1.165) is 53.6 Å². The lowest BCUT2D eigenvalue weighted by Crippen LogP contribution is -2.36. The molecule has 4 heterocycles.